The summed E-state index contributed by atoms with van der Waals surface area (Å²) in [5.41, 5.74) is 0.286. The minimum Gasteiger partial charge on any atom is -0.467 e. The SMILES string of the molecule is COC(=O)C(O)c1ccc(S(=O)(=O)C2CC2)c(Br)c1. The Morgan fingerprint density at radius 2 is 2.11 bits per heavy atom. The lowest BCUT2D eigenvalue weighted by atomic mass is 10.1. The molecule has 0 spiro atoms. The number of methoxy groups -OCH3 is 1. The second-order valence-electron chi connectivity index (χ2n) is 4.36. The highest BCUT2D eigenvalue weighted by atomic mass is 79.9. The van der Waals surface area contributed by atoms with E-state index in [0.29, 0.717) is 17.3 Å². The van der Waals surface area contributed by atoms with Gasteiger partial charge in [-0.05, 0) is 46.5 Å². The molecular formula is C12H13BrO5S. The molecule has 104 valence electrons. The number of sulfone groups is 1. The van der Waals surface area contributed by atoms with Crippen LogP contribution in [-0.2, 0) is 19.4 Å². The average Bonchev–Trinajstić information content (AvgIpc) is 3.21. The smallest absolute Gasteiger partial charge is 0.339 e. The van der Waals surface area contributed by atoms with Crippen molar-refractivity contribution < 1.29 is 23.1 Å². The van der Waals surface area contributed by atoms with Crippen molar-refractivity contribution in [3.05, 3.63) is 28.2 Å². The fraction of sp³-hybridized carbons (Fsp3) is 0.417. The van der Waals surface area contributed by atoms with E-state index in [-0.39, 0.29) is 15.7 Å². The minimum atomic E-state index is -3.31. The first-order valence-corrected chi connectivity index (χ1v) is 8.01. The number of benzene rings is 1. The van der Waals surface area contributed by atoms with E-state index >= 15 is 0 Å². The van der Waals surface area contributed by atoms with E-state index in [4.69, 9.17) is 0 Å². The molecule has 0 amide bonds. The summed E-state index contributed by atoms with van der Waals surface area (Å²) in [5, 5.41) is 9.38. The van der Waals surface area contributed by atoms with Crippen molar-refractivity contribution in [1.29, 1.82) is 0 Å². The van der Waals surface area contributed by atoms with Crippen LogP contribution in [0.2, 0.25) is 0 Å². The molecule has 0 heterocycles. The van der Waals surface area contributed by atoms with Gasteiger partial charge in [-0.1, -0.05) is 6.07 Å². The highest BCUT2D eigenvalue weighted by Gasteiger charge is 2.38. The van der Waals surface area contributed by atoms with Crippen molar-refractivity contribution in [3.8, 4) is 0 Å². The molecule has 0 saturated heterocycles. The zero-order valence-corrected chi connectivity index (χ0v) is 12.6. The van der Waals surface area contributed by atoms with Gasteiger partial charge in [-0.3, -0.25) is 0 Å². The normalized spacial score (nSPS) is 17.0. The first-order chi connectivity index (χ1) is 8.87. The molecule has 19 heavy (non-hydrogen) atoms. The summed E-state index contributed by atoms with van der Waals surface area (Å²) in [5.74, 6) is -0.787. The second-order valence-corrected chi connectivity index (χ2v) is 7.41. The quantitative estimate of drug-likeness (QED) is 0.835. The summed E-state index contributed by atoms with van der Waals surface area (Å²) in [4.78, 5) is 11.4. The minimum absolute atomic E-state index is 0.191. The van der Waals surface area contributed by atoms with Gasteiger partial charge in [0.25, 0.3) is 0 Å². The van der Waals surface area contributed by atoms with Crippen LogP contribution in [0.1, 0.15) is 24.5 Å². The molecule has 1 aromatic carbocycles. The van der Waals surface area contributed by atoms with Crippen molar-refractivity contribution in [2.24, 2.45) is 0 Å². The molecular weight excluding hydrogens is 336 g/mol. The molecule has 2 rings (SSSR count). The maximum atomic E-state index is 12.1. The zero-order valence-electron chi connectivity index (χ0n) is 10.2. The Hall–Kier alpha value is -0.920. The highest BCUT2D eigenvalue weighted by molar-refractivity contribution is 9.10. The summed E-state index contributed by atoms with van der Waals surface area (Å²) in [6.45, 7) is 0. The molecule has 1 aromatic rings. The third kappa shape index (κ3) is 2.82. The summed E-state index contributed by atoms with van der Waals surface area (Å²) >= 11 is 3.18. The van der Waals surface area contributed by atoms with Crippen LogP contribution in [0, 0.1) is 0 Å². The molecule has 1 aliphatic rings. The van der Waals surface area contributed by atoms with E-state index in [9.17, 15) is 18.3 Å². The number of esters is 1. The van der Waals surface area contributed by atoms with Gasteiger partial charge in [0.2, 0.25) is 0 Å². The number of aliphatic hydroxyl groups excluding tert-OH is 1. The van der Waals surface area contributed by atoms with Crippen LogP contribution in [0.25, 0.3) is 0 Å². The van der Waals surface area contributed by atoms with Gasteiger partial charge in [-0.15, -0.1) is 0 Å². The molecule has 0 aromatic heterocycles. The Kier molecular flexibility index (Phi) is 3.98. The molecule has 0 aliphatic heterocycles. The number of ether oxygens (including phenoxy) is 1. The Bertz CT molecular complexity index is 607. The summed E-state index contributed by atoms with van der Waals surface area (Å²) in [6.07, 6.45) is -0.0539. The Morgan fingerprint density at radius 3 is 2.58 bits per heavy atom. The van der Waals surface area contributed by atoms with Gasteiger partial charge >= 0.3 is 5.97 Å². The monoisotopic (exact) mass is 348 g/mol. The van der Waals surface area contributed by atoms with Crippen molar-refractivity contribution >= 4 is 31.7 Å². The predicted octanol–water partition coefficient (Wildman–Crippen LogP) is 1.59. The van der Waals surface area contributed by atoms with Crippen LogP contribution < -0.4 is 0 Å². The van der Waals surface area contributed by atoms with Crippen molar-refractivity contribution in [2.45, 2.75) is 29.1 Å². The van der Waals surface area contributed by atoms with E-state index in [1.807, 2.05) is 0 Å². The highest BCUT2D eigenvalue weighted by Crippen LogP contribution is 2.37. The van der Waals surface area contributed by atoms with Crippen LogP contribution in [-0.4, -0.2) is 31.9 Å². The molecule has 5 nitrogen and oxygen atoms in total. The topological polar surface area (TPSA) is 80.7 Å². The molecule has 1 unspecified atom stereocenters. The van der Waals surface area contributed by atoms with Gasteiger partial charge in [0.15, 0.2) is 15.9 Å². The van der Waals surface area contributed by atoms with Crippen molar-refractivity contribution in [3.63, 3.8) is 0 Å². The first-order valence-electron chi connectivity index (χ1n) is 5.67. The number of hydrogen-bond donors (Lipinski definition) is 1. The van der Waals surface area contributed by atoms with E-state index in [1.165, 1.54) is 25.3 Å². The Balaban J connectivity index is 2.35. The van der Waals surface area contributed by atoms with Crippen LogP contribution in [0.3, 0.4) is 0 Å². The zero-order chi connectivity index (χ0) is 14.2. The number of carbonyl (C=O) groups excluding carboxylic acids is 1. The number of aliphatic hydroxyl groups is 1. The standard InChI is InChI=1S/C12H13BrO5S/c1-18-12(15)11(14)7-2-5-10(9(13)6-7)19(16,17)8-3-4-8/h2,5-6,8,11,14H,3-4H2,1H3. The van der Waals surface area contributed by atoms with Crippen molar-refractivity contribution in [1.82, 2.24) is 0 Å². The summed E-state index contributed by atoms with van der Waals surface area (Å²) < 4.78 is 29.0. The number of rotatable bonds is 4. The Morgan fingerprint density at radius 1 is 1.47 bits per heavy atom. The van der Waals surface area contributed by atoms with Crippen LogP contribution in [0.4, 0.5) is 0 Å². The molecule has 1 fully saturated rings. The molecule has 1 saturated carbocycles. The molecule has 0 bridgehead atoms. The molecule has 7 heteroatoms. The van der Waals surface area contributed by atoms with Crippen LogP contribution in [0.5, 0.6) is 0 Å². The Labute approximate surface area is 119 Å². The first kappa shape index (κ1) is 14.5. The number of hydrogen-bond acceptors (Lipinski definition) is 5. The van der Waals surface area contributed by atoms with Gasteiger partial charge in [0, 0.05) is 4.47 Å². The maximum absolute atomic E-state index is 12.1. The fourth-order valence-corrected chi connectivity index (χ4v) is 4.50. The lowest BCUT2D eigenvalue weighted by Crippen LogP contribution is -2.14. The largest absolute Gasteiger partial charge is 0.467 e. The van der Waals surface area contributed by atoms with E-state index < -0.39 is 21.9 Å². The molecule has 1 atom stereocenters. The van der Waals surface area contributed by atoms with Gasteiger partial charge in [0.05, 0.1) is 17.3 Å². The van der Waals surface area contributed by atoms with Gasteiger partial charge in [-0.2, -0.15) is 0 Å². The molecule has 1 N–H and O–H groups in total. The molecule has 1 aliphatic carbocycles. The van der Waals surface area contributed by atoms with E-state index in [1.54, 1.807) is 0 Å². The van der Waals surface area contributed by atoms with E-state index in [0.717, 1.165) is 0 Å². The van der Waals surface area contributed by atoms with Gasteiger partial charge in [-0.25, -0.2) is 13.2 Å². The van der Waals surface area contributed by atoms with Crippen LogP contribution >= 0.6 is 15.9 Å². The van der Waals surface area contributed by atoms with Crippen molar-refractivity contribution in [2.75, 3.05) is 7.11 Å². The maximum Gasteiger partial charge on any atom is 0.339 e. The summed E-state index contributed by atoms with van der Waals surface area (Å²) in [6, 6.07) is 4.25. The number of halogens is 1. The average molecular weight is 349 g/mol. The van der Waals surface area contributed by atoms with Crippen LogP contribution in [0.15, 0.2) is 27.6 Å². The third-order valence-corrected chi connectivity index (χ3v) is 6.20. The lowest BCUT2D eigenvalue weighted by molar-refractivity contribution is -0.150. The second kappa shape index (κ2) is 5.22. The predicted molar refractivity (Wildman–Crippen MR) is 71.3 cm³/mol. The third-order valence-electron chi connectivity index (χ3n) is 2.97. The van der Waals surface area contributed by atoms with E-state index in [2.05, 4.69) is 20.7 Å². The summed E-state index contributed by atoms with van der Waals surface area (Å²) in [7, 11) is -2.14. The lowest BCUT2D eigenvalue weighted by Gasteiger charge is -2.11. The fourth-order valence-electron chi connectivity index (χ4n) is 1.72. The van der Waals surface area contributed by atoms with Gasteiger partial charge < -0.3 is 9.84 Å². The molecule has 0 radical (unpaired) electrons. The number of carbonyl (C=O) groups is 1. The van der Waals surface area contributed by atoms with Gasteiger partial charge in [0.1, 0.15) is 0 Å².